The normalized spacial score (nSPS) is 47.4. The van der Waals surface area contributed by atoms with E-state index in [1.54, 1.807) is 6.08 Å². The minimum Gasteiger partial charge on any atom is -0.458 e. The van der Waals surface area contributed by atoms with Crippen molar-refractivity contribution in [3.8, 4) is 0 Å². The van der Waals surface area contributed by atoms with Crippen LogP contribution in [0.25, 0.3) is 0 Å². The number of esters is 1. The van der Waals surface area contributed by atoms with Crippen LogP contribution in [0.1, 0.15) is 39.5 Å². The van der Waals surface area contributed by atoms with Gasteiger partial charge < -0.3 is 9.63 Å². The first-order valence-corrected chi connectivity index (χ1v) is 11.0. The second kappa shape index (κ2) is 6.41. The fourth-order valence-electron chi connectivity index (χ4n) is 5.75. The number of fused-ring (bicyclic) bond motifs is 3. The highest BCUT2D eigenvalue weighted by molar-refractivity contribution is 7.47. The summed E-state index contributed by atoms with van der Waals surface area (Å²) in [4.78, 5) is 21.5. The van der Waals surface area contributed by atoms with E-state index in [-0.39, 0.29) is 41.3 Å². The Balaban J connectivity index is 1.64. The van der Waals surface area contributed by atoms with Crippen molar-refractivity contribution < 1.29 is 28.0 Å². The third kappa shape index (κ3) is 3.07. The molecule has 7 heteroatoms. The Morgan fingerprint density at radius 2 is 2.11 bits per heavy atom. The smallest absolute Gasteiger partial charge is 0.458 e. The van der Waals surface area contributed by atoms with Crippen molar-refractivity contribution in [3.63, 3.8) is 0 Å². The van der Waals surface area contributed by atoms with E-state index in [1.165, 1.54) is 5.57 Å². The molecule has 0 aromatic rings. The molecular formula is C20H27O6P. The first kappa shape index (κ1) is 19.1. The summed E-state index contributed by atoms with van der Waals surface area (Å²) >= 11 is 0. The van der Waals surface area contributed by atoms with Gasteiger partial charge in [-0.1, -0.05) is 38.2 Å². The standard InChI is InChI=1S/C20H27O6P/c1-13-4-7-16-19(2,15(13)6-5-14-9-11-24-18(14)21)10-8-17-20(16,3)12-25-27(22,23)26-17/h5-6,9,15-17H,1,4,7-8,10-12H2,2-3H3,(H,22,23)/b6-5+/t15?,16?,17?,19-,20?/m0/s1. The van der Waals surface area contributed by atoms with Crippen molar-refractivity contribution in [2.75, 3.05) is 13.2 Å². The molecule has 6 nitrogen and oxygen atoms in total. The van der Waals surface area contributed by atoms with Gasteiger partial charge in [0.15, 0.2) is 0 Å². The van der Waals surface area contributed by atoms with Gasteiger partial charge in [-0.15, -0.1) is 0 Å². The summed E-state index contributed by atoms with van der Waals surface area (Å²) in [6.45, 7) is 9.26. The summed E-state index contributed by atoms with van der Waals surface area (Å²) < 4.78 is 27.6. The first-order chi connectivity index (χ1) is 12.7. The largest absolute Gasteiger partial charge is 0.472 e. The van der Waals surface area contributed by atoms with E-state index in [1.807, 2.05) is 6.08 Å². The van der Waals surface area contributed by atoms with Gasteiger partial charge in [0, 0.05) is 11.3 Å². The number of rotatable bonds is 2. The average molecular weight is 394 g/mol. The molecule has 3 fully saturated rings. The number of ether oxygens (including phenoxy) is 1. The Labute approximate surface area is 159 Å². The van der Waals surface area contributed by atoms with E-state index in [9.17, 15) is 14.3 Å². The van der Waals surface area contributed by atoms with Crippen LogP contribution in [0.5, 0.6) is 0 Å². The number of hydrogen-bond acceptors (Lipinski definition) is 5. The minimum atomic E-state index is -3.94. The van der Waals surface area contributed by atoms with Crippen molar-refractivity contribution in [2.45, 2.75) is 45.6 Å². The van der Waals surface area contributed by atoms with Crippen LogP contribution in [0.2, 0.25) is 0 Å². The molecule has 0 amide bonds. The molecule has 2 heterocycles. The van der Waals surface area contributed by atoms with Gasteiger partial charge in [0.05, 0.1) is 18.3 Å². The maximum absolute atomic E-state index is 11.9. The number of cyclic esters (lactones) is 1. The van der Waals surface area contributed by atoms with E-state index in [4.69, 9.17) is 13.8 Å². The number of carbonyl (C=O) groups is 1. The summed E-state index contributed by atoms with van der Waals surface area (Å²) in [5.74, 6) is 0.123. The zero-order valence-corrected chi connectivity index (χ0v) is 16.7. The lowest BCUT2D eigenvalue weighted by atomic mass is 9.46. The number of hydrogen-bond donors (Lipinski definition) is 1. The molecule has 2 saturated carbocycles. The quantitative estimate of drug-likeness (QED) is 0.434. The molecule has 0 aromatic carbocycles. The summed E-state index contributed by atoms with van der Waals surface area (Å²) in [5.41, 5.74) is 1.38. The van der Waals surface area contributed by atoms with Gasteiger partial charge in [-0.2, -0.15) is 0 Å². The lowest BCUT2D eigenvalue weighted by Gasteiger charge is -2.61. The fourth-order valence-corrected chi connectivity index (χ4v) is 6.92. The fraction of sp³-hybridized carbons (Fsp3) is 0.650. The van der Waals surface area contributed by atoms with E-state index < -0.39 is 7.82 Å². The zero-order valence-electron chi connectivity index (χ0n) is 15.8. The van der Waals surface area contributed by atoms with Crippen LogP contribution in [-0.2, 0) is 23.1 Å². The minimum absolute atomic E-state index is 0.0658. The van der Waals surface area contributed by atoms with Crippen LogP contribution in [0.3, 0.4) is 0 Å². The Kier molecular flexibility index (Phi) is 4.54. The third-order valence-corrected chi connectivity index (χ3v) is 8.17. The Bertz CT molecular complexity index is 785. The van der Waals surface area contributed by atoms with Crippen LogP contribution in [0, 0.1) is 22.7 Å². The van der Waals surface area contributed by atoms with Crippen LogP contribution in [0.4, 0.5) is 0 Å². The lowest BCUT2D eigenvalue weighted by Crippen LogP contribution is -2.59. The van der Waals surface area contributed by atoms with Gasteiger partial charge in [-0.25, -0.2) is 9.36 Å². The summed E-state index contributed by atoms with van der Waals surface area (Å²) in [5, 5.41) is 0. The van der Waals surface area contributed by atoms with Crippen molar-refractivity contribution in [3.05, 3.63) is 36.0 Å². The molecule has 5 unspecified atom stereocenters. The SMILES string of the molecule is C=C1CCC2C3(C)COP(=O)(O)OC3CC[C@@]2(C)C1/C=C/C1=CCOC1=O. The monoisotopic (exact) mass is 394 g/mol. The van der Waals surface area contributed by atoms with Crippen LogP contribution in [0.15, 0.2) is 36.0 Å². The molecule has 4 aliphatic rings. The maximum Gasteiger partial charge on any atom is 0.472 e. The highest BCUT2D eigenvalue weighted by atomic mass is 31.2. The van der Waals surface area contributed by atoms with Crippen molar-refractivity contribution >= 4 is 13.8 Å². The molecule has 6 atom stereocenters. The van der Waals surface area contributed by atoms with Crippen molar-refractivity contribution in [1.29, 1.82) is 0 Å². The van der Waals surface area contributed by atoms with Gasteiger partial charge in [-0.3, -0.25) is 9.05 Å². The van der Waals surface area contributed by atoms with Gasteiger partial charge in [0.25, 0.3) is 0 Å². The number of phosphoric acid groups is 1. The lowest BCUT2D eigenvalue weighted by molar-refractivity contribution is -0.164. The number of allylic oxidation sites excluding steroid dienone is 2. The van der Waals surface area contributed by atoms with E-state index >= 15 is 0 Å². The molecule has 2 aliphatic heterocycles. The van der Waals surface area contributed by atoms with Crippen LogP contribution < -0.4 is 0 Å². The van der Waals surface area contributed by atoms with E-state index in [2.05, 4.69) is 26.5 Å². The van der Waals surface area contributed by atoms with Gasteiger partial charge in [0.1, 0.15) is 6.61 Å². The molecular weight excluding hydrogens is 367 g/mol. The number of carbonyl (C=O) groups excluding carboxylic acids is 1. The summed E-state index contributed by atoms with van der Waals surface area (Å²) in [7, 11) is -3.94. The van der Waals surface area contributed by atoms with E-state index in [0.29, 0.717) is 18.6 Å². The molecule has 148 valence electrons. The van der Waals surface area contributed by atoms with Gasteiger partial charge in [0.2, 0.25) is 0 Å². The van der Waals surface area contributed by atoms with Crippen molar-refractivity contribution in [2.24, 2.45) is 22.7 Å². The van der Waals surface area contributed by atoms with E-state index in [0.717, 1.165) is 19.3 Å². The molecule has 0 aromatic heterocycles. The molecule has 0 spiro atoms. The van der Waals surface area contributed by atoms with Crippen LogP contribution >= 0.6 is 7.82 Å². The first-order valence-electron chi connectivity index (χ1n) is 9.55. The Morgan fingerprint density at radius 3 is 2.81 bits per heavy atom. The van der Waals surface area contributed by atoms with Crippen molar-refractivity contribution in [1.82, 2.24) is 0 Å². The average Bonchev–Trinajstić information content (AvgIpc) is 3.00. The predicted octanol–water partition coefficient (Wildman–Crippen LogP) is 3.93. The molecule has 27 heavy (non-hydrogen) atoms. The molecule has 0 radical (unpaired) electrons. The second-order valence-electron chi connectivity index (χ2n) is 8.73. The topological polar surface area (TPSA) is 82.1 Å². The Morgan fingerprint density at radius 1 is 1.33 bits per heavy atom. The maximum atomic E-state index is 11.9. The second-order valence-corrected chi connectivity index (χ2v) is 10.1. The molecule has 0 bridgehead atoms. The van der Waals surface area contributed by atoms with Gasteiger partial charge >= 0.3 is 13.8 Å². The molecule has 2 aliphatic carbocycles. The summed E-state index contributed by atoms with van der Waals surface area (Å²) in [6.07, 6.45) is 8.90. The zero-order chi connectivity index (χ0) is 19.4. The third-order valence-electron chi connectivity index (χ3n) is 7.20. The molecule has 1 saturated heterocycles. The molecule has 4 rings (SSSR count). The number of phosphoric ester groups is 1. The van der Waals surface area contributed by atoms with Gasteiger partial charge in [-0.05, 0) is 43.1 Å². The molecule has 1 N–H and O–H groups in total. The highest BCUT2D eigenvalue weighted by Gasteiger charge is 2.61. The van der Waals surface area contributed by atoms with Crippen LogP contribution in [-0.4, -0.2) is 30.2 Å². The highest BCUT2D eigenvalue weighted by Crippen LogP contribution is 2.66. The Hall–Kier alpha value is -1.20. The summed E-state index contributed by atoms with van der Waals surface area (Å²) in [6, 6.07) is 0. The predicted molar refractivity (Wildman–Crippen MR) is 99.6 cm³/mol.